The molecule has 0 aliphatic rings. The zero-order valence-electron chi connectivity index (χ0n) is 13.6. The van der Waals surface area contributed by atoms with Crippen LogP contribution in [0.25, 0.3) is 0 Å². The lowest BCUT2D eigenvalue weighted by atomic mass is 10.2. The number of rotatable bonds is 6. The fraction of sp³-hybridized carbons (Fsp3) is 0.176. The fourth-order valence-corrected chi connectivity index (χ4v) is 2.48. The van der Waals surface area contributed by atoms with Crippen molar-refractivity contribution < 1.29 is 19.2 Å². The van der Waals surface area contributed by atoms with E-state index in [2.05, 4.69) is 5.32 Å². The summed E-state index contributed by atoms with van der Waals surface area (Å²) in [5, 5.41) is 14.0. The second-order valence-electron chi connectivity index (χ2n) is 5.35. The number of hydrogen-bond donors (Lipinski definition) is 1. The third kappa shape index (κ3) is 5.18. The van der Waals surface area contributed by atoms with Gasteiger partial charge in [0.1, 0.15) is 12.6 Å². The van der Waals surface area contributed by atoms with Gasteiger partial charge in [0.05, 0.1) is 4.92 Å². The van der Waals surface area contributed by atoms with Crippen LogP contribution in [0, 0.1) is 10.1 Å². The first kappa shape index (κ1) is 19.7. The summed E-state index contributed by atoms with van der Waals surface area (Å²) < 4.78 is 5.12. The highest BCUT2D eigenvalue weighted by atomic mass is 35.5. The molecule has 7 nitrogen and oxygen atoms in total. The molecule has 2 aromatic carbocycles. The van der Waals surface area contributed by atoms with E-state index in [1.54, 1.807) is 12.1 Å². The largest absolute Gasteiger partial charge is 0.459 e. The predicted molar refractivity (Wildman–Crippen MR) is 96.3 cm³/mol. The number of non-ortho nitro benzene ring substituents is 1. The van der Waals surface area contributed by atoms with Gasteiger partial charge in [-0.3, -0.25) is 14.9 Å². The monoisotopic (exact) mass is 396 g/mol. The molecule has 0 saturated carbocycles. The zero-order chi connectivity index (χ0) is 19.3. The van der Waals surface area contributed by atoms with Gasteiger partial charge in [-0.05, 0) is 25.1 Å². The van der Waals surface area contributed by atoms with Gasteiger partial charge in [-0.2, -0.15) is 0 Å². The summed E-state index contributed by atoms with van der Waals surface area (Å²) in [6, 6.07) is 9.01. The normalized spacial score (nSPS) is 11.5. The number of ether oxygens (including phenoxy) is 1. The molecule has 2 rings (SSSR count). The molecule has 0 fully saturated rings. The molecular weight excluding hydrogens is 383 g/mol. The van der Waals surface area contributed by atoms with E-state index in [0.29, 0.717) is 15.6 Å². The Morgan fingerprint density at radius 3 is 2.62 bits per heavy atom. The summed E-state index contributed by atoms with van der Waals surface area (Å²) >= 11 is 11.8. The van der Waals surface area contributed by atoms with Crippen LogP contribution in [0.3, 0.4) is 0 Å². The van der Waals surface area contributed by atoms with Gasteiger partial charge in [-0.25, -0.2) is 4.79 Å². The molecule has 0 radical (unpaired) electrons. The van der Waals surface area contributed by atoms with Crippen LogP contribution in [0.15, 0.2) is 42.5 Å². The third-order valence-electron chi connectivity index (χ3n) is 3.41. The highest BCUT2D eigenvalue weighted by molar-refractivity contribution is 6.35. The lowest BCUT2D eigenvalue weighted by molar-refractivity contribution is -0.384. The Hall–Kier alpha value is -2.64. The average molecular weight is 397 g/mol. The summed E-state index contributed by atoms with van der Waals surface area (Å²) in [6.45, 7) is 1.37. The van der Waals surface area contributed by atoms with E-state index in [0.717, 1.165) is 6.07 Å². The maximum Gasteiger partial charge on any atom is 0.328 e. The Morgan fingerprint density at radius 2 is 1.96 bits per heavy atom. The van der Waals surface area contributed by atoms with Crippen molar-refractivity contribution in [3.8, 4) is 0 Å². The minimum atomic E-state index is -0.951. The van der Waals surface area contributed by atoms with Crippen LogP contribution >= 0.6 is 23.2 Å². The molecule has 136 valence electrons. The van der Waals surface area contributed by atoms with Gasteiger partial charge in [0.15, 0.2) is 0 Å². The Balaban J connectivity index is 1.94. The summed E-state index contributed by atoms with van der Waals surface area (Å²) in [6.07, 6.45) is 0. The fourth-order valence-electron chi connectivity index (χ4n) is 2.01. The summed E-state index contributed by atoms with van der Waals surface area (Å²) in [7, 11) is 0. The molecule has 0 spiro atoms. The first-order valence-corrected chi connectivity index (χ1v) is 8.19. The van der Waals surface area contributed by atoms with Crippen molar-refractivity contribution in [2.24, 2.45) is 0 Å². The quantitative estimate of drug-likeness (QED) is 0.455. The van der Waals surface area contributed by atoms with E-state index < -0.39 is 22.8 Å². The molecule has 0 bridgehead atoms. The predicted octanol–water partition coefficient (Wildman–Crippen LogP) is 3.76. The Kier molecular flexibility index (Phi) is 6.54. The van der Waals surface area contributed by atoms with Crippen molar-refractivity contribution >= 4 is 40.8 Å². The van der Waals surface area contributed by atoms with Gasteiger partial charge < -0.3 is 10.1 Å². The molecule has 9 heteroatoms. The maximum absolute atomic E-state index is 12.1. The summed E-state index contributed by atoms with van der Waals surface area (Å²) in [4.78, 5) is 34.3. The molecule has 0 aromatic heterocycles. The number of nitrogens with zero attached hydrogens (tertiary/aromatic N) is 1. The number of halogens is 2. The van der Waals surface area contributed by atoms with Gasteiger partial charge in [-0.15, -0.1) is 0 Å². The minimum Gasteiger partial charge on any atom is -0.459 e. The van der Waals surface area contributed by atoms with Gasteiger partial charge in [0.25, 0.3) is 11.6 Å². The van der Waals surface area contributed by atoms with Crippen molar-refractivity contribution in [1.82, 2.24) is 5.32 Å². The Labute approximate surface area is 159 Å². The van der Waals surface area contributed by atoms with E-state index in [1.807, 2.05) is 0 Å². The number of nitro benzene ring substituents is 1. The van der Waals surface area contributed by atoms with E-state index in [9.17, 15) is 19.7 Å². The Bertz CT molecular complexity index is 857. The van der Waals surface area contributed by atoms with E-state index >= 15 is 0 Å². The number of benzene rings is 2. The number of amides is 1. The van der Waals surface area contributed by atoms with Crippen LogP contribution in [0.5, 0.6) is 0 Å². The van der Waals surface area contributed by atoms with Gasteiger partial charge in [0.2, 0.25) is 0 Å². The minimum absolute atomic E-state index is 0.0691. The van der Waals surface area contributed by atoms with Crippen LogP contribution in [-0.2, 0) is 16.1 Å². The first-order valence-electron chi connectivity index (χ1n) is 7.44. The van der Waals surface area contributed by atoms with Crippen molar-refractivity contribution in [3.05, 3.63) is 73.8 Å². The van der Waals surface area contributed by atoms with Crippen LogP contribution in [0.4, 0.5) is 5.69 Å². The zero-order valence-corrected chi connectivity index (χ0v) is 15.1. The second-order valence-corrected chi connectivity index (χ2v) is 6.19. The number of esters is 1. The molecule has 0 heterocycles. The van der Waals surface area contributed by atoms with Crippen LogP contribution in [0.1, 0.15) is 22.8 Å². The molecule has 0 saturated heterocycles. The molecule has 1 N–H and O–H groups in total. The molecule has 0 aliphatic carbocycles. The molecular formula is C17H14Cl2N2O5. The molecule has 26 heavy (non-hydrogen) atoms. The molecule has 2 aromatic rings. The topological polar surface area (TPSA) is 98.5 Å². The van der Waals surface area contributed by atoms with Crippen molar-refractivity contribution in [2.75, 3.05) is 0 Å². The van der Waals surface area contributed by atoms with Crippen molar-refractivity contribution in [3.63, 3.8) is 0 Å². The number of hydrogen-bond acceptors (Lipinski definition) is 5. The van der Waals surface area contributed by atoms with Gasteiger partial charge in [-0.1, -0.05) is 35.3 Å². The number of nitrogens with one attached hydrogen (secondary N) is 1. The van der Waals surface area contributed by atoms with Crippen molar-refractivity contribution in [2.45, 2.75) is 19.6 Å². The molecule has 1 amide bonds. The summed E-state index contributed by atoms with van der Waals surface area (Å²) in [5.41, 5.74) is 0.423. The smallest absolute Gasteiger partial charge is 0.328 e. The van der Waals surface area contributed by atoms with Gasteiger partial charge >= 0.3 is 5.97 Å². The average Bonchev–Trinajstić information content (AvgIpc) is 2.60. The molecule has 1 atom stereocenters. The van der Waals surface area contributed by atoms with Crippen LogP contribution in [-0.4, -0.2) is 22.8 Å². The van der Waals surface area contributed by atoms with Crippen LogP contribution < -0.4 is 5.32 Å². The van der Waals surface area contributed by atoms with Gasteiger partial charge in [0, 0.05) is 33.3 Å². The second kappa shape index (κ2) is 8.64. The maximum atomic E-state index is 12.1. The van der Waals surface area contributed by atoms with Crippen molar-refractivity contribution in [1.29, 1.82) is 0 Å². The first-order chi connectivity index (χ1) is 12.3. The lowest BCUT2D eigenvalue weighted by Gasteiger charge is -2.14. The SMILES string of the molecule is CC(NC(=O)c1cccc([N+](=O)[O-])c1)C(=O)OCc1ccc(Cl)cc1Cl. The van der Waals surface area contributed by atoms with E-state index in [-0.39, 0.29) is 17.9 Å². The van der Waals surface area contributed by atoms with Crippen LogP contribution in [0.2, 0.25) is 10.0 Å². The number of carbonyl (C=O) groups excluding carboxylic acids is 2. The molecule has 0 aliphatic heterocycles. The van der Waals surface area contributed by atoms with E-state index in [1.165, 1.54) is 31.2 Å². The van der Waals surface area contributed by atoms with E-state index in [4.69, 9.17) is 27.9 Å². The molecule has 1 unspecified atom stereocenters. The highest BCUT2D eigenvalue weighted by Gasteiger charge is 2.19. The number of nitro groups is 1. The summed E-state index contributed by atoms with van der Waals surface area (Å²) in [5.74, 6) is -1.29. The highest BCUT2D eigenvalue weighted by Crippen LogP contribution is 2.21. The number of carbonyl (C=O) groups is 2. The lowest BCUT2D eigenvalue weighted by Crippen LogP contribution is -2.39. The standard InChI is InChI=1S/C17H14Cl2N2O5/c1-10(17(23)26-9-12-5-6-13(18)8-15(12)19)20-16(22)11-3-2-4-14(7-11)21(24)25/h2-8,10H,9H2,1H3,(H,20,22). The Morgan fingerprint density at radius 1 is 1.23 bits per heavy atom. The third-order valence-corrected chi connectivity index (χ3v) is 3.99.